The summed E-state index contributed by atoms with van der Waals surface area (Å²) in [6.45, 7) is 1.01. The molecule has 2 rings (SSSR count). The predicted molar refractivity (Wildman–Crippen MR) is 86.8 cm³/mol. The number of amides is 1. The molecule has 0 unspecified atom stereocenters. The standard InChI is InChI=1S/C15H17BrF3N3O2/c16-13(15(17,18)19)21-20-12-6-8-22(9-7-12)14(23)24-10-11-4-2-1-3-5-11/h1-5,12,20H,6-10H2/b21-13-. The van der Waals surface area contributed by atoms with Crippen molar-refractivity contribution in [3.05, 3.63) is 35.9 Å². The van der Waals surface area contributed by atoms with Gasteiger partial charge in [0.25, 0.3) is 0 Å². The maximum atomic E-state index is 12.3. The molecule has 1 aromatic rings. The zero-order chi connectivity index (χ0) is 17.6. The molecular weight excluding hydrogens is 391 g/mol. The average Bonchev–Trinajstić information content (AvgIpc) is 2.58. The van der Waals surface area contributed by atoms with Crippen LogP contribution in [0.3, 0.4) is 0 Å². The summed E-state index contributed by atoms with van der Waals surface area (Å²) in [5, 5.41) is 3.29. The van der Waals surface area contributed by atoms with Gasteiger partial charge in [0.15, 0.2) is 0 Å². The molecule has 0 bridgehead atoms. The van der Waals surface area contributed by atoms with Crippen LogP contribution in [0.5, 0.6) is 0 Å². The summed E-state index contributed by atoms with van der Waals surface area (Å²) in [7, 11) is 0. The number of hydrogen-bond donors (Lipinski definition) is 1. The van der Waals surface area contributed by atoms with Gasteiger partial charge in [0.1, 0.15) is 6.61 Å². The minimum Gasteiger partial charge on any atom is -0.445 e. The highest BCUT2D eigenvalue weighted by Crippen LogP contribution is 2.21. The summed E-state index contributed by atoms with van der Waals surface area (Å²) in [6, 6.07) is 9.11. The zero-order valence-electron chi connectivity index (χ0n) is 12.7. The minimum absolute atomic E-state index is 0.195. The molecule has 0 radical (unpaired) electrons. The fourth-order valence-electron chi connectivity index (χ4n) is 2.21. The van der Waals surface area contributed by atoms with Crippen molar-refractivity contribution in [1.29, 1.82) is 0 Å². The van der Waals surface area contributed by atoms with E-state index in [1.807, 2.05) is 30.3 Å². The molecule has 0 atom stereocenters. The van der Waals surface area contributed by atoms with Crippen LogP contribution in [-0.4, -0.2) is 40.9 Å². The third kappa shape index (κ3) is 5.70. The van der Waals surface area contributed by atoms with Crippen molar-refractivity contribution in [2.24, 2.45) is 5.10 Å². The van der Waals surface area contributed by atoms with Crippen molar-refractivity contribution in [3.63, 3.8) is 0 Å². The molecule has 0 spiro atoms. The fraction of sp³-hybridized carbons (Fsp3) is 0.467. The molecule has 1 aliphatic rings. The quantitative estimate of drug-likeness (QED) is 0.612. The van der Waals surface area contributed by atoms with E-state index in [1.54, 1.807) is 4.90 Å². The summed E-state index contributed by atoms with van der Waals surface area (Å²) < 4.78 is 41.1. The van der Waals surface area contributed by atoms with Crippen molar-refractivity contribution in [2.45, 2.75) is 31.7 Å². The van der Waals surface area contributed by atoms with E-state index in [-0.39, 0.29) is 12.6 Å². The molecule has 0 aromatic heterocycles. The SMILES string of the molecule is O=C(OCc1ccccc1)N1CCC(N/N=C(\Br)C(F)(F)F)CC1. The van der Waals surface area contributed by atoms with E-state index in [1.165, 1.54) is 0 Å². The lowest BCUT2D eigenvalue weighted by Crippen LogP contribution is -2.44. The van der Waals surface area contributed by atoms with Gasteiger partial charge in [0, 0.05) is 19.1 Å². The number of alkyl halides is 3. The summed E-state index contributed by atoms with van der Waals surface area (Å²) in [5.41, 5.74) is 3.38. The van der Waals surface area contributed by atoms with Crippen LogP contribution in [0.2, 0.25) is 0 Å². The highest BCUT2D eigenvalue weighted by atomic mass is 79.9. The summed E-state index contributed by atoms with van der Waals surface area (Å²) in [4.78, 5) is 13.5. The second-order valence-corrected chi connectivity index (χ2v) is 6.08. The second kappa shape index (κ2) is 8.36. The molecular formula is C15H17BrF3N3O2. The van der Waals surface area contributed by atoms with Crippen LogP contribution < -0.4 is 5.43 Å². The number of nitrogens with zero attached hydrogens (tertiary/aromatic N) is 2. The Bertz CT molecular complexity index is 573. The number of piperidine rings is 1. The van der Waals surface area contributed by atoms with E-state index in [0.717, 1.165) is 5.56 Å². The number of carbonyl (C=O) groups is 1. The molecule has 0 saturated carbocycles. The largest absolute Gasteiger partial charge is 0.445 e. The van der Waals surface area contributed by atoms with Gasteiger partial charge in [-0.25, -0.2) is 4.79 Å². The van der Waals surface area contributed by atoms with E-state index in [0.29, 0.717) is 25.9 Å². The first kappa shape index (κ1) is 18.6. The van der Waals surface area contributed by atoms with Gasteiger partial charge in [-0.15, -0.1) is 0 Å². The van der Waals surface area contributed by atoms with Crippen molar-refractivity contribution in [3.8, 4) is 0 Å². The molecule has 0 aliphatic carbocycles. The molecule has 1 amide bonds. The van der Waals surface area contributed by atoms with Gasteiger partial charge in [-0.2, -0.15) is 18.3 Å². The molecule has 1 saturated heterocycles. The molecule has 5 nitrogen and oxygen atoms in total. The number of benzene rings is 1. The van der Waals surface area contributed by atoms with E-state index < -0.39 is 16.9 Å². The van der Waals surface area contributed by atoms with Crippen molar-refractivity contribution < 1.29 is 22.7 Å². The fourth-order valence-corrected chi connectivity index (χ4v) is 2.32. The molecule has 132 valence electrons. The van der Waals surface area contributed by atoms with Crippen LogP contribution in [0.15, 0.2) is 35.4 Å². The Morgan fingerprint density at radius 2 is 1.92 bits per heavy atom. The van der Waals surface area contributed by atoms with Crippen LogP contribution in [0, 0.1) is 0 Å². The number of likely N-dealkylation sites (tertiary alicyclic amines) is 1. The lowest BCUT2D eigenvalue weighted by Gasteiger charge is -2.31. The highest BCUT2D eigenvalue weighted by molar-refractivity contribution is 9.18. The van der Waals surface area contributed by atoms with Crippen molar-refractivity contribution in [2.75, 3.05) is 13.1 Å². The third-order valence-corrected chi connectivity index (χ3v) is 4.16. The van der Waals surface area contributed by atoms with Crippen LogP contribution in [0.1, 0.15) is 18.4 Å². The van der Waals surface area contributed by atoms with E-state index in [4.69, 9.17) is 4.74 Å². The molecule has 1 N–H and O–H groups in total. The number of halogens is 4. The third-order valence-electron chi connectivity index (χ3n) is 3.54. The molecule has 9 heteroatoms. The second-order valence-electron chi connectivity index (χ2n) is 5.33. The average molecular weight is 408 g/mol. The van der Waals surface area contributed by atoms with Gasteiger partial charge in [-0.1, -0.05) is 30.3 Å². The Labute approximate surface area is 146 Å². The van der Waals surface area contributed by atoms with Crippen molar-refractivity contribution >= 4 is 26.6 Å². The van der Waals surface area contributed by atoms with Crippen LogP contribution in [-0.2, 0) is 11.3 Å². The van der Waals surface area contributed by atoms with Gasteiger partial charge in [-0.05, 0) is 34.3 Å². The monoisotopic (exact) mass is 407 g/mol. The summed E-state index contributed by atoms with van der Waals surface area (Å²) in [5.74, 6) is 0. The van der Waals surface area contributed by atoms with Gasteiger partial charge in [0.2, 0.25) is 4.62 Å². The Kier molecular flexibility index (Phi) is 6.47. The molecule has 1 aliphatic heterocycles. The number of rotatable bonds is 4. The van der Waals surface area contributed by atoms with Gasteiger partial charge < -0.3 is 15.1 Å². The maximum absolute atomic E-state index is 12.3. The first-order valence-electron chi connectivity index (χ1n) is 7.38. The smallest absolute Gasteiger partial charge is 0.441 e. The Hall–Kier alpha value is -1.77. The first-order chi connectivity index (χ1) is 11.4. The normalized spacial score (nSPS) is 16.8. The van der Waals surface area contributed by atoms with Crippen LogP contribution in [0.25, 0.3) is 0 Å². The Balaban J connectivity index is 1.73. The van der Waals surface area contributed by atoms with E-state index in [9.17, 15) is 18.0 Å². The number of hydrogen-bond acceptors (Lipinski definition) is 4. The molecule has 1 fully saturated rings. The lowest BCUT2D eigenvalue weighted by atomic mass is 10.1. The van der Waals surface area contributed by atoms with E-state index >= 15 is 0 Å². The van der Waals surface area contributed by atoms with Gasteiger partial charge in [-0.3, -0.25) is 0 Å². The molecule has 1 heterocycles. The number of hydrazone groups is 1. The maximum Gasteiger partial charge on any atom is 0.441 e. The Morgan fingerprint density at radius 3 is 2.50 bits per heavy atom. The number of ether oxygens (including phenoxy) is 1. The zero-order valence-corrected chi connectivity index (χ0v) is 14.3. The lowest BCUT2D eigenvalue weighted by molar-refractivity contribution is -0.0555. The van der Waals surface area contributed by atoms with Gasteiger partial charge >= 0.3 is 12.3 Å². The topological polar surface area (TPSA) is 53.9 Å². The van der Waals surface area contributed by atoms with Crippen LogP contribution in [0.4, 0.5) is 18.0 Å². The molecule has 24 heavy (non-hydrogen) atoms. The highest BCUT2D eigenvalue weighted by Gasteiger charge is 2.34. The molecule has 1 aromatic carbocycles. The van der Waals surface area contributed by atoms with E-state index in [2.05, 4.69) is 26.5 Å². The van der Waals surface area contributed by atoms with Crippen molar-refractivity contribution in [1.82, 2.24) is 10.3 Å². The predicted octanol–water partition coefficient (Wildman–Crippen LogP) is 3.65. The van der Waals surface area contributed by atoms with Crippen LogP contribution >= 0.6 is 15.9 Å². The Morgan fingerprint density at radius 1 is 1.29 bits per heavy atom. The first-order valence-corrected chi connectivity index (χ1v) is 8.17. The van der Waals surface area contributed by atoms with Gasteiger partial charge in [0.05, 0.1) is 0 Å². The minimum atomic E-state index is -4.51. The summed E-state index contributed by atoms with van der Waals surface area (Å²) >= 11 is 2.38. The number of carbonyl (C=O) groups excluding carboxylic acids is 1. The number of nitrogens with one attached hydrogen (secondary N) is 1. The summed E-state index contributed by atoms with van der Waals surface area (Å²) in [6.07, 6.45) is -3.92.